The SMILES string of the molecule is O=C(COc1ccccc1[N+](=O)[O-])NN=Cc1cc(Br)ccc1OC(=O)c1ccccc1. The van der Waals surface area contributed by atoms with Gasteiger partial charge < -0.3 is 9.47 Å². The second-order valence-electron chi connectivity index (χ2n) is 6.24. The summed E-state index contributed by atoms with van der Waals surface area (Å²) in [5, 5.41) is 14.8. The first-order valence-electron chi connectivity index (χ1n) is 9.19. The molecule has 0 atom stereocenters. The molecule has 1 amide bonds. The Kier molecular flexibility index (Phi) is 7.65. The van der Waals surface area contributed by atoms with E-state index in [1.54, 1.807) is 54.6 Å². The molecule has 0 saturated heterocycles. The van der Waals surface area contributed by atoms with Crippen molar-refractivity contribution in [3.8, 4) is 11.5 Å². The molecule has 0 unspecified atom stereocenters. The van der Waals surface area contributed by atoms with Gasteiger partial charge in [0.2, 0.25) is 0 Å². The van der Waals surface area contributed by atoms with E-state index in [2.05, 4.69) is 26.5 Å². The number of carbonyl (C=O) groups excluding carboxylic acids is 2. The van der Waals surface area contributed by atoms with Crippen molar-refractivity contribution in [2.24, 2.45) is 5.10 Å². The summed E-state index contributed by atoms with van der Waals surface area (Å²) < 4.78 is 11.3. The van der Waals surface area contributed by atoms with Gasteiger partial charge >= 0.3 is 11.7 Å². The van der Waals surface area contributed by atoms with Gasteiger partial charge in [0, 0.05) is 16.1 Å². The number of hydrazone groups is 1. The van der Waals surface area contributed by atoms with Gasteiger partial charge in [0.25, 0.3) is 5.91 Å². The lowest BCUT2D eigenvalue weighted by Crippen LogP contribution is -2.24. The number of rotatable bonds is 8. The van der Waals surface area contributed by atoms with Gasteiger partial charge in [-0.1, -0.05) is 46.3 Å². The number of nitrogens with zero attached hydrogens (tertiary/aromatic N) is 2. The van der Waals surface area contributed by atoms with Crippen molar-refractivity contribution in [1.82, 2.24) is 5.43 Å². The van der Waals surface area contributed by atoms with Crippen LogP contribution in [-0.2, 0) is 4.79 Å². The van der Waals surface area contributed by atoms with Crippen LogP contribution >= 0.6 is 15.9 Å². The Hall–Kier alpha value is -4.05. The van der Waals surface area contributed by atoms with E-state index in [1.807, 2.05) is 0 Å². The van der Waals surface area contributed by atoms with Gasteiger partial charge in [-0.15, -0.1) is 0 Å². The van der Waals surface area contributed by atoms with E-state index in [0.717, 1.165) is 0 Å². The van der Waals surface area contributed by atoms with Crippen LogP contribution in [0.25, 0.3) is 0 Å². The fourth-order valence-electron chi connectivity index (χ4n) is 2.53. The van der Waals surface area contributed by atoms with E-state index < -0.39 is 23.4 Å². The molecule has 9 nitrogen and oxygen atoms in total. The van der Waals surface area contributed by atoms with E-state index in [0.29, 0.717) is 15.6 Å². The topological polar surface area (TPSA) is 120 Å². The number of carbonyl (C=O) groups is 2. The highest BCUT2D eigenvalue weighted by Crippen LogP contribution is 2.25. The molecule has 1 N–H and O–H groups in total. The van der Waals surface area contributed by atoms with Crippen LogP contribution in [0.1, 0.15) is 15.9 Å². The van der Waals surface area contributed by atoms with Gasteiger partial charge in [-0.3, -0.25) is 14.9 Å². The van der Waals surface area contributed by atoms with E-state index in [4.69, 9.17) is 9.47 Å². The molecule has 3 aromatic rings. The normalized spacial score (nSPS) is 10.5. The summed E-state index contributed by atoms with van der Waals surface area (Å²) in [6.07, 6.45) is 1.31. The lowest BCUT2D eigenvalue weighted by atomic mass is 10.2. The zero-order valence-electron chi connectivity index (χ0n) is 16.4. The first kappa shape index (κ1) is 22.6. The molecule has 0 aromatic heterocycles. The zero-order valence-corrected chi connectivity index (χ0v) is 18.0. The summed E-state index contributed by atoms with van der Waals surface area (Å²) in [5.74, 6) is -0.948. The molecule has 162 valence electrons. The Labute approximate surface area is 190 Å². The average molecular weight is 498 g/mol. The summed E-state index contributed by atoms with van der Waals surface area (Å²) in [4.78, 5) is 34.7. The van der Waals surface area contributed by atoms with Crippen molar-refractivity contribution in [3.63, 3.8) is 0 Å². The molecule has 32 heavy (non-hydrogen) atoms. The van der Waals surface area contributed by atoms with Crippen LogP contribution in [0.2, 0.25) is 0 Å². The number of ether oxygens (including phenoxy) is 2. The van der Waals surface area contributed by atoms with E-state index in [1.165, 1.54) is 24.4 Å². The van der Waals surface area contributed by atoms with Crippen molar-refractivity contribution < 1.29 is 24.0 Å². The van der Waals surface area contributed by atoms with E-state index in [9.17, 15) is 19.7 Å². The van der Waals surface area contributed by atoms with Gasteiger partial charge in [-0.2, -0.15) is 5.10 Å². The molecule has 0 bridgehead atoms. The summed E-state index contributed by atoms with van der Waals surface area (Å²) in [6, 6.07) is 19.2. The van der Waals surface area contributed by atoms with Crippen molar-refractivity contribution >= 4 is 39.7 Å². The Morgan fingerprint density at radius 3 is 2.50 bits per heavy atom. The number of hydrogen-bond acceptors (Lipinski definition) is 7. The molecule has 0 aliphatic heterocycles. The van der Waals surface area contributed by atoms with Crippen molar-refractivity contribution in [2.45, 2.75) is 0 Å². The van der Waals surface area contributed by atoms with Gasteiger partial charge in [0.15, 0.2) is 12.4 Å². The Morgan fingerprint density at radius 1 is 1.03 bits per heavy atom. The first-order chi connectivity index (χ1) is 15.4. The molecule has 10 heteroatoms. The highest BCUT2D eigenvalue weighted by atomic mass is 79.9. The van der Waals surface area contributed by atoms with Gasteiger partial charge in [-0.05, 0) is 36.4 Å². The molecule has 0 aliphatic rings. The number of nitrogens with one attached hydrogen (secondary N) is 1. The van der Waals surface area contributed by atoms with Crippen LogP contribution in [0.15, 0.2) is 82.4 Å². The molecule has 3 aromatic carbocycles. The van der Waals surface area contributed by atoms with Gasteiger partial charge in [-0.25, -0.2) is 10.2 Å². The monoisotopic (exact) mass is 497 g/mol. The fraction of sp³-hybridized carbons (Fsp3) is 0.0455. The Bertz CT molecular complexity index is 1170. The zero-order chi connectivity index (χ0) is 22.9. The summed E-state index contributed by atoms with van der Waals surface area (Å²) >= 11 is 3.33. The quantitative estimate of drug-likeness (QED) is 0.164. The second kappa shape index (κ2) is 10.8. The highest BCUT2D eigenvalue weighted by molar-refractivity contribution is 9.10. The third-order valence-corrected chi connectivity index (χ3v) is 4.49. The van der Waals surface area contributed by atoms with Gasteiger partial charge in [0.1, 0.15) is 5.75 Å². The summed E-state index contributed by atoms with van der Waals surface area (Å²) in [7, 11) is 0. The van der Waals surface area contributed by atoms with Gasteiger partial charge in [0.05, 0.1) is 16.7 Å². The number of hydrogen-bond donors (Lipinski definition) is 1. The van der Waals surface area contributed by atoms with Crippen molar-refractivity contribution in [3.05, 3.63) is 98.5 Å². The summed E-state index contributed by atoms with van der Waals surface area (Å²) in [5.41, 5.74) is 2.84. The molecular weight excluding hydrogens is 482 g/mol. The molecule has 0 aliphatic carbocycles. The second-order valence-corrected chi connectivity index (χ2v) is 7.16. The molecule has 0 fully saturated rings. The standard InChI is InChI=1S/C22H16BrN3O6/c23-17-10-11-19(32-22(28)15-6-2-1-3-7-15)16(12-17)13-24-25-21(27)14-31-20-9-5-4-8-18(20)26(29)30/h1-13H,14H2,(H,25,27). The number of nitro benzene ring substituents is 1. The minimum atomic E-state index is -0.628. The molecular formula is C22H16BrN3O6. The van der Waals surface area contributed by atoms with Crippen LogP contribution in [-0.4, -0.2) is 29.6 Å². The Morgan fingerprint density at radius 2 is 1.75 bits per heavy atom. The molecule has 3 rings (SSSR count). The smallest absolute Gasteiger partial charge is 0.343 e. The number of halogens is 1. The maximum atomic E-state index is 12.3. The summed E-state index contributed by atoms with van der Waals surface area (Å²) in [6.45, 7) is -0.476. The third kappa shape index (κ3) is 6.22. The van der Waals surface area contributed by atoms with Crippen molar-refractivity contribution in [1.29, 1.82) is 0 Å². The molecule has 0 saturated carbocycles. The third-order valence-electron chi connectivity index (χ3n) is 4.00. The number of amides is 1. The number of benzene rings is 3. The molecule has 0 radical (unpaired) electrons. The molecule has 0 heterocycles. The number of para-hydroxylation sites is 2. The maximum absolute atomic E-state index is 12.3. The largest absolute Gasteiger partial charge is 0.477 e. The maximum Gasteiger partial charge on any atom is 0.343 e. The first-order valence-corrected chi connectivity index (χ1v) is 9.98. The number of nitro groups is 1. The average Bonchev–Trinajstić information content (AvgIpc) is 2.80. The van der Waals surface area contributed by atoms with Crippen molar-refractivity contribution in [2.75, 3.05) is 6.61 Å². The Balaban J connectivity index is 1.62. The van der Waals surface area contributed by atoms with Crippen LogP contribution in [0, 0.1) is 10.1 Å². The predicted octanol–water partition coefficient (Wildman–Crippen LogP) is 4.11. The minimum absolute atomic E-state index is 0.0290. The number of esters is 1. The highest BCUT2D eigenvalue weighted by Gasteiger charge is 2.15. The minimum Gasteiger partial charge on any atom is -0.477 e. The fourth-order valence-corrected chi connectivity index (χ4v) is 2.90. The van der Waals surface area contributed by atoms with Crippen LogP contribution < -0.4 is 14.9 Å². The predicted molar refractivity (Wildman–Crippen MR) is 120 cm³/mol. The van der Waals surface area contributed by atoms with Crippen LogP contribution in [0.3, 0.4) is 0 Å². The molecule has 0 spiro atoms. The van der Waals surface area contributed by atoms with Crippen LogP contribution in [0.5, 0.6) is 11.5 Å². The lowest BCUT2D eigenvalue weighted by Gasteiger charge is -2.08. The lowest BCUT2D eigenvalue weighted by molar-refractivity contribution is -0.385. The van der Waals surface area contributed by atoms with E-state index in [-0.39, 0.29) is 17.2 Å². The van der Waals surface area contributed by atoms with E-state index >= 15 is 0 Å². The van der Waals surface area contributed by atoms with Crippen LogP contribution in [0.4, 0.5) is 5.69 Å².